The fraction of sp³-hybridized carbons (Fsp3) is 0.591. The van der Waals surface area contributed by atoms with Crippen LogP contribution in [0.3, 0.4) is 0 Å². The highest BCUT2D eigenvalue weighted by Crippen LogP contribution is 2.24. The Morgan fingerprint density at radius 1 is 1.07 bits per heavy atom. The highest BCUT2D eigenvalue weighted by atomic mass is 32.2. The lowest BCUT2D eigenvalue weighted by Gasteiger charge is -2.17. The van der Waals surface area contributed by atoms with Crippen LogP contribution in [-0.4, -0.2) is 36.1 Å². The molecule has 5 nitrogen and oxygen atoms in total. The zero-order valence-corrected chi connectivity index (χ0v) is 17.9. The van der Waals surface area contributed by atoms with E-state index in [0.29, 0.717) is 10.5 Å². The predicted octanol–water partition coefficient (Wildman–Crippen LogP) is 4.39. The minimum Gasteiger partial charge on any atom is -0.454 e. The van der Waals surface area contributed by atoms with Gasteiger partial charge in [0, 0.05) is 16.4 Å². The lowest BCUT2D eigenvalue weighted by molar-refractivity contribution is -0.129. The van der Waals surface area contributed by atoms with Crippen molar-refractivity contribution in [3.63, 3.8) is 0 Å². The number of esters is 1. The van der Waals surface area contributed by atoms with Gasteiger partial charge in [-0.15, -0.1) is 11.8 Å². The van der Waals surface area contributed by atoms with Gasteiger partial charge < -0.3 is 10.1 Å². The molecule has 0 unspecified atom stereocenters. The molecule has 0 aromatic heterocycles. The van der Waals surface area contributed by atoms with Crippen LogP contribution in [0.1, 0.15) is 69.7 Å². The smallest absolute Gasteiger partial charge is 0.339 e. The summed E-state index contributed by atoms with van der Waals surface area (Å²) in [7, 11) is 0. The summed E-state index contributed by atoms with van der Waals surface area (Å²) in [5, 5.41) is 3.11. The van der Waals surface area contributed by atoms with E-state index in [1.165, 1.54) is 37.4 Å². The Morgan fingerprint density at radius 2 is 1.71 bits per heavy atom. The first-order chi connectivity index (χ1) is 13.3. The molecule has 154 valence electrons. The number of thioether (sulfide) groups is 1. The molecule has 1 N–H and O–H groups in total. The van der Waals surface area contributed by atoms with Crippen molar-refractivity contribution in [2.75, 3.05) is 12.4 Å². The average Bonchev–Trinajstić information content (AvgIpc) is 2.92. The van der Waals surface area contributed by atoms with Crippen molar-refractivity contribution in [1.29, 1.82) is 0 Å². The highest BCUT2D eigenvalue weighted by Gasteiger charge is 2.23. The molecule has 1 aromatic carbocycles. The first-order valence-corrected chi connectivity index (χ1v) is 11.0. The summed E-state index contributed by atoms with van der Waals surface area (Å²) in [6, 6.07) is 7.29. The van der Waals surface area contributed by atoms with Crippen LogP contribution in [0, 0.1) is 5.41 Å². The fourth-order valence-electron chi connectivity index (χ4n) is 3.02. The van der Waals surface area contributed by atoms with Gasteiger partial charge in [0.25, 0.3) is 0 Å². The van der Waals surface area contributed by atoms with Crippen molar-refractivity contribution in [2.45, 2.75) is 70.2 Å². The van der Waals surface area contributed by atoms with Crippen LogP contribution in [0.25, 0.3) is 0 Å². The zero-order valence-electron chi connectivity index (χ0n) is 17.1. The molecule has 0 saturated heterocycles. The number of benzene rings is 1. The van der Waals surface area contributed by atoms with E-state index in [9.17, 15) is 14.4 Å². The van der Waals surface area contributed by atoms with Crippen molar-refractivity contribution >= 4 is 29.4 Å². The van der Waals surface area contributed by atoms with E-state index in [1.807, 2.05) is 6.07 Å². The Morgan fingerprint density at radius 3 is 2.36 bits per heavy atom. The third-order valence-electron chi connectivity index (χ3n) is 4.86. The van der Waals surface area contributed by atoms with Gasteiger partial charge >= 0.3 is 5.97 Å². The zero-order chi connectivity index (χ0) is 20.6. The number of nitrogens with one attached hydrogen (secondary N) is 1. The third-order valence-corrected chi connectivity index (χ3v) is 5.93. The molecular weight excluding hydrogens is 374 g/mol. The quantitative estimate of drug-likeness (QED) is 0.414. The summed E-state index contributed by atoms with van der Waals surface area (Å²) in [5.74, 6) is -0.427. The van der Waals surface area contributed by atoms with E-state index in [1.54, 1.807) is 39.0 Å². The Hall–Kier alpha value is -1.82. The maximum atomic E-state index is 12.4. The number of amides is 1. The first kappa shape index (κ1) is 22.5. The van der Waals surface area contributed by atoms with Gasteiger partial charge in [-0.1, -0.05) is 58.6 Å². The predicted molar refractivity (Wildman–Crippen MR) is 112 cm³/mol. The normalized spacial score (nSPS) is 15.5. The summed E-state index contributed by atoms with van der Waals surface area (Å²) < 4.78 is 5.20. The Labute approximate surface area is 172 Å². The van der Waals surface area contributed by atoms with Gasteiger partial charge in [-0.2, -0.15) is 0 Å². The number of carbonyl (C=O) groups excluding carboxylic acids is 3. The average molecular weight is 406 g/mol. The van der Waals surface area contributed by atoms with Gasteiger partial charge in [0.05, 0.1) is 11.3 Å². The molecule has 0 spiro atoms. The summed E-state index contributed by atoms with van der Waals surface area (Å²) in [5.41, 5.74) is -0.165. The molecule has 28 heavy (non-hydrogen) atoms. The second kappa shape index (κ2) is 10.6. The molecule has 0 radical (unpaired) electrons. The minimum atomic E-state index is -0.551. The summed E-state index contributed by atoms with van der Waals surface area (Å²) in [6.07, 6.45) is 6.91. The number of ketones is 1. The largest absolute Gasteiger partial charge is 0.454 e. The van der Waals surface area contributed by atoms with Gasteiger partial charge in [-0.3, -0.25) is 9.59 Å². The molecule has 1 amide bonds. The van der Waals surface area contributed by atoms with Crippen LogP contribution >= 0.6 is 11.8 Å². The van der Waals surface area contributed by atoms with Crippen molar-refractivity contribution in [3.8, 4) is 0 Å². The number of hydrogen-bond acceptors (Lipinski definition) is 5. The lowest BCUT2D eigenvalue weighted by Crippen LogP contribution is -2.35. The van der Waals surface area contributed by atoms with Crippen LogP contribution < -0.4 is 5.32 Å². The number of carbonyl (C=O) groups is 3. The number of hydrogen-bond donors (Lipinski definition) is 1. The van der Waals surface area contributed by atoms with Gasteiger partial charge in [-0.05, 0) is 25.0 Å². The minimum absolute atomic E-state index is 0.0111. The maximum absolute atomic E-state index is 12.4. The van der Waals surface area contributed by atoms with Gasteiger partial charge in [0.1, 0.15) is 0 Å². The van der Waals surface area contributed by atoms with Crippen molar-refractivity contribution in [3.05, 3.63) is 29.8 Å². The van der Waals surface area contributed by atoms with E-state index in [0.717, 1.165) is 12.8 Å². The second-order valence-electron chi connectivity index (χ2n) is 8.29. The van der Waals surface area contributed by atoms with Crippen LogP contribution in [0.4, 0.5) is 0 Å². The van der Waals surface area contributed by atoms with E-state index in [-0.39, 0.29) is 30.1 Å². The van der Waals surface area contributed by atoms with Crippen molar-refractivity contribution in [2.24, 2.45) is 5.41 Å². The fourth-order valence-corrected chi connectivity index (χ4v) is 3.87. The molecule has 0 heterocycles. The molecule has 0 bridgehead atoms. The third kappa shape index (κ3) is 7.30. The number of Topliss-reactive ketones (excluding diaryl/α,β-unsaturated/α-hetero) is 1. The van der Waals surface area contributed by atoms with Crippen LogP contribution in [0.5, 0.6) is 0 Å². The van der Waals surface area contributed by atoms with E-state index in [4.69, 9.17) is 4.74 Å². The van der Waals surface area contributed by atoms with Gasteiger partial charge in [0.15, 0.2) is 12.4 Å². The maximum Gasteiger partial charge on any atom is 0.339 e. The Kier molecular flexibility index (Phi) is 8.55. The molecular formula is C22H31NO4S. The topological polar surface area (TPSA) is 72.5 Å². The SMILES string of the molecule is CC(C)(C)C(=O)COC(=O)c1ccccc1SCC(=O)NC1CCCCCC1. The van der Waals surface area contributed by atoms with E-state index >= 15 is 0 Å². The van der Waals surface area contributed by atoms with Gasteiger partial charge in [0.2, 0.25) is 5.91 Å². The Bertz CT molecular complexity index is 688. The molecule has 1 aromatic rings. The molecule has 1 aliphatic rings. The summed E-state index contributed by atoms with van der Waals surface area (Å²) in [4.78, 5) is 37.4. The van der Waals surface area contributed by atoms with Gasteiger partial charge in [-0.25, -0.2) is 4.79 Å². The summed E-state index contributed by atoms with van der Waals surface area (Å²) in [6.45, 7) is 5.13. The standard InChI is InChI=1S/C22H31NO4S/c1-22(2,3)19(24)14-27-21(26)17-12-8-9-13-18(17)28-15-20(25)23-16-10-6-4-5-7-11-16/h8-9,12-13,16H,4-7,10-11,14-15H2,1-3H3,(H,23,25). The van der Waals surface area contributed by atoms with Crippen molar-refractivity contribution in [1.82, 2.24) is 5.32 Å². The van der Waals surface area contributed by atoms with E-state index in [2.05, 4.69) is 5.32 Å². The molecule has 6 heteroatoms. The van der Waals surface area contributed by atoms with E-state index < -0.39 is 11.4 Å². The number of rotatable bonds is 7. The summed E-state index contributed by atoms with van der Waals surface area (Å²) >= 11 is 1.32. The molecule has 0 aliphatic heterocycles. The molecule has 2 rings (SSSR count). The molecule has 1 fully saturated rings. The van der Waals surface area contributed by atoms with Crippen molar-refractivity contribution < 1.29 is 19.1 Å². The van der Waals surface area contributed by atoms with Crippen LogP contribution in [0.2, 0.25) is 0 Å². The second-order valence-corrected chi connectivity index (χ2v) is 9.31. The first-order valence-electron chi connectivity index (χ1n) is 9.99. The monoisotopic (exact) mass is 405 g/mol. The molecule has 0 atom stereocenters. The van der Waals surface area contributed by atoms with Crippen LogP contribution in [-0.2, 0) is 14.3 Å². The molecule has 1 saturated carbocycles. The molecule has 1 aliphatic carbocycles. The lowest BCUT2D eigenvalue weighted by atomic mass is 9.91. The van der Waals surface area contributed by atoms with Crippen LogP contribution in [0.15, 0.2) is 29.2 Å². The Balaban J connectivity index is 1.89. The number of ether oxygens (including phenoxy) is 1. The highest BCUT2D eigenvalue weighted by molar-refractivity contribution is 8.00.